The van der Waals surface area contributed by atoms with E-state index in [1.165, 1.54) is 18.1 Å². The molecule has 2 heterocycles. The molecule has 8 nitrogen and oxygen atoms in total. The number of carbonyl (C=O) groups is 3. The first kappa shape index (κ1) is 25.3. The van der Waals surface area contributed by atoms with Crippen LogP contribution in [0.1, 0.15) is 32.5 Å². The molecule has 0 saturated carbocycles. The van der Waals surface area contributed by atoms with Gasteiger partial charge in [0, 0.05) is 10.0 Å². The molecular weight excluding hydrogens is 548 g/mol. The molecule has 1 N–H and O–H groups in total. The van der Waals surface area contributed by atoms with Gasteiger partial charge in [-0.05, 0) is 36.8 Å². The Morgan fingerprint density at radius 3 is 2.64 bits per heavy atom. The van der Waals surface area contributed by atoms with Crippen molar-refractivity contribution in [3.63, 3.8) is 0 Å². The highest BCUT2D eigenvalue weighted by Gasteiger charge is 2.48. The zero-order valence-electron chi connectivity index (χ0n) is 19.4. The number of methoxy groups -OCH3 is 1. The lowest BCUT2D eigenvalue weighted by Gasteiger charge is -2.23. The van der Waals surface area contributed by atoms with E-state index in [0.717, 1.165) is 15.8 Å². The zero-order valence-corrected chi connectivity index (χ0v) is 21.8. The minimum Gasteiger partial charge on any atom is -0.507 e. The molecule has 1 aliphatic heterocycles. The zero-order chi connectivity index (χ0) is 26.0. The van der Waals surface area contributed by atoms with E-state index >= 15 is 0 Å². The number of aryl methyl sites for hydroxylation is 1. The molecule has 1 aromatic heterocycles. The van der Waals surface area contributed by atoms with Crippen molar-refractivity contribution in [1.82, 2.24) is 4.98 Å². The van der Waals surface area contributed by atoms with E-state index in [1.54, 1.807) is 55.5 Å². The number of thiazole rings is 1. The van der Waals surface area contributed by atoms with Gasteiger partial charge in [-0.15, -0.1) is 0 Å². The van der Waals surface area contributed by atoms with E-state index in [4.69, 9.17) is 9.47 Å². The fraction of sp³-hybridized carbons (Fsp3) is 0.154. The highest BCUT2D eigenvalue weighted by Crippen LogP contribution is 2.44. The summed E-state index contributed by atoms with van der Waals surface area (Å²) in [5.41, 5.74) is 1.15. The molecule has 36 heavy (non-hydrogen) atoms. The second-order valence-electron chi connectivity index (χ2n) is 7.75. The fourth-order valence-corrected chi connectivity index (χ4v) is 5.04. The molecule has 184 valence electrons. The number of hydrogen-bond donors (Lipinski definition) is 1. The molecule has 1 saturated heterocycles. The van der Waals surface area contributed by atoms with E-state index in [1.807, 2.05) is 0 Å². The van der Waals surface area contributed by atoms with Gasteiger partial charge in [0.05, 0.1) is 24.4 Å². The number of esters is 1. The number of aromatic nitrogens is 1. The number of ether oxygens (including phenoxy) is 2. The van der Waals surface area contributed by atoms with Gasteiger partial charge in [-0.1, -0.05) is 64.2 Å². The molecule has 2 aromatic carbocycles. The van der Waals surface area contributed by atoms with Gasteiger partial charge in [0.2, 0.25) is 0 Å². The number of nitrogens with zero attached hydrogens (tertiary/aromatic N) is 2. The third-order valence-corrected chi connectivity index (χ3v) is 7.15. The van der Waals surface area contributed by atoms with E-state index < -0.39 is 23.7 Å². The first-order valence-electron chi connectivity index (χ1n) is 10.7. The lowest BCUT2D eigenvalue weighted by molar-refractivity contribution is -0.132. The number of halogens is 1. The van der Waals surface area contributed by atoms with Gasteiger partial charge in [0.25, 0.3) is 5.78 Å². The minimum absolute atomic E-state index is 0.0233. The number of aliphatic hydroxyl groups excluding tert-OH is 1. The third kappa shape index (κ3) is 4.69. The molecule has 4 rings (SSSR count). The second kappa shape index (κ2) is 10.5. The van der Waals surface area contributed by atoms with Crippen LogP contribution < -0.4 is 9.64 Å². The van der Waals surface area contributed by atoms with E-state index in [2.05, 4.69) is 27.5 Å². The molecule has 1 fully saturated rings. The molecule has 3 aromatic rings. The van der Waals surface area contributed by atoms with Gasteiger partial charge in [-0.3, -0.25) is 14.5 Å². The van der Waals surface area contributed by atoms with Crippen LogP contribution in [0.25, 0.3) is 5.76 Å². The standard InChI is InChI=1S/C26H21BrN2O6S/c1-4-12-35-25(33)23-14(2)28-26(36-23)29-20(15-8-10-17(27)11-9-15)19(22(31)24(29)32)21(30)16-6-5-7-18(13-16)34-3/h4-11,13,20,30H,1,12H2,2-3H3. The lowest BCUT2D eigenvalue weighted by atomic mass is 9.95. The monoisotopic (exact) mass is 568 g/mol. The Morgan fingerprint density at radius 2 is 1.97 bits per heavy atom. The Morgan fingerprint density at radius 1 is 1.25 bits per heavy atom. The molecular formula is C26H21BrN2O6S. The molecule has 1 unspecified atom stereocenters. The highest BCUT2D eigenvalue weighted by atomic mass is 79.9. The van der Waals surface area contributed by atoms with E-state index in [9.17, 15) is 19.5 Å². The van der Waals surface area contributed by atoms with Crippen LogP contribution in [-0.2, 0) is 14.3 Å². The van der Waals surface area contributed by atoms with Crippen molar-refractivity contribution in [1.29, 1.82) is 0 Å². The van der Waals surface area contributed by atoms with Gasteiger partial charge in [-0.25, -0.2) is 9.78 Å². The summed E-state index contributed by atoms with van der Waals surface area (Å²) in [5.74, 6) is -2.21. The molecule has 0 bridgehead atoms. The number of benzene rings is 2. The lowest BCUT2D eigenvalue weighted by Crippen LogP contribution is -2.29. The van der Waals surface area contributed by atoms with Crippen LogP contribution in [0.2, 0.25) is 0 Å². The summed E-state index contributed by atoms with van der Waals surface area (Å²) in [5, 5.41) is 11.4. The first-order valence-corrected chi connectivity index (χ1v) is 12.3. The van der Waals surface area contributed by atoms with Gasteiger partial charge < -0.3 is 14.6 Å². The minimum atomic E-state index is -0.980. The van der Waals surface area contributed by atoms with Crippen molar-refractivity contribution >= 4 is 55.8 Å². The predicted molar refractivity (Wildman–Crippen MR) is 139 cm³/mol. The van der Waals surface area contributed by atoms with Crippen LogP contribution >= 0.6 is 27.3 Å². The number of ketones is 1. The Hall–Kier alpha value is -3.76. The van der Waals surface area contributed by atoms with Crippen molar-refractivity contribution in [2.45, 2.75) is 13.0 Å². The van der Waals surface area contributed by atoms with Crippen molar-refractivity contribution in [2.75, 3.05) is 18.6 Å². The Bertz CT molecular complexity index is 1400. The Kier molecular flexibility index (Phi) is 7.37. The van der Waals surface area contributed by atoms with Gasteiger partial charge in [0.1, 0.15) is 23.0 Å². The summed E-state index contributed by atoms with van der Waals surface area (Å²) in [4.78, 5) is 44.9. The molecule has 1 amide bonds. The van der Waals surface area contributed by atoms with Crippen molar-refractivity contribution in [3.8, 4) is 5.75 Å². The number of anilines is 1. The fourth-order valence-electron chi connectivity index (χ4n) is 3.79. The first-order chi connectivity index (χ1) is 17.3. The maximum absolute atomic E-state index is 13.3. The van der Waals surface area contributed by atoms with Crippen LogP contribution in [0.15, 0.2) is 71.2 Å². The van der Waals surface area contributed by atoms with Crippen molar-refractivity contribution in [2.24, 2.45) is 0 Å². The quantitative estimate of drug-likeness (QED) is 0.137. The SMILES string of the molecule is C=CCOC(=O)c1sc(N2C(=O)C(=O)C(=C(O)c3cccc(OC)c3)C2c2ccc(Br)cc2)nc1C. The number of carbonyl (C=O) groups excluding carboxylic acids is 3. The molecule has 1 aliphatic rings. The third-order valence-electron chi connectivity index (χ3n) is 5.48. The van der Waals surface area contributed by atoms with Gasteiger partial charge >= 0.3 is 11.9 Å². The predicted octanol–water partition coefficient (Wildman–Crippen LogP) is 5.19. The van der Waals surface area contributed by atoms with Crippen LogP contribution in [0.4, 0.5) is 5.13 Å². The largest absolute Gasteiger partial charge is 0.507 e. The normalized spacial score (nSPS) is 16.8. The molecule has 0 aliphatic carbocycles. The average Bonchev–Trinajstić information content (AvgIpc) is 3.39. The number of amides is 1. The van der Waals surface area contributed by atoms with Crippen LogP contribution in [0.3, 0.4) is 0 Å². The Balaban J connectivity index is 1.88. The van der Waals surface area contributed by atoms with Crippen LogP contribution in [0, 0.1) is 6.92 Å². The number of rotatable bonds is 7. The highest BCUT2D eigenvalue weighted by molar-refractivity contribution is 9.10. The van der Waals surface area contributed by atoms with Crippen molar-refractivity contribution < 1.29 is 29.0 Å². The number of aliphatic hydroxyl groups is 1. The summed E-state index contributed by atoms with van der Waals surface area (Å²) in [6, 6.07) is 12.6. The molecule has 10 heteroatoms. The smallest absolute Gasteiger partial charge is 0.350 e. The summed E-state index contributed by atoms with van der Waals surface area (Å²) < 4.78 is 11.2. The molecule has 1 atom stereocenters. The second-order valence-corrected chi connectivity index (χ2v) is 9.64. The summed E-state index contributed by atoms with van der Waals surface area (Å²) in [6.45, 7) is 5.17. The van der Waals surface area contributed by atoms with E-state index in [-0.39, 0.29) is 27.9 Å². The van der Waals surface area contributed by atoms with Crippen molar-refractivity contribution in [3.05, 3.63) is 92.9 Å². The number of hydrogen-bond acceptors (Lipinski definition) is 8. The molecule has 0 spiro atoms. The maximum Gasteiger partial charge on any atom is 0.350 e. The van der Waals surface area contributed by atoms with Crippen LogP contribution in [0.5, 0.6) is 5.75 Å². The summed E-state index contributed by atoms with van der Waals surface area (Å²) in [6.07, 6.45) is 1.44. The number of Topliss-reactive ketones (excluding diaryl/α,β-unsaturated/α-hetero) is 1. The Labute approximate surface area is 219 Å². The topological polar surface area (TPSA) is 106 Å². The van der Waals surface area contributed by atoms with Gasteiger partial charge in [0.15, 0.2) is 5.13 Å². The average molecular weight is 569 g/mol. The van der Waals surface area contributed by atoms with Crippen LogP contribution in [-0.4, -0.2) is 41.5 Å². The summed E-state index contributed by atoms with van der Waals surface area (Å²) >= 11 is 4.33. The summed E-state index contributed by atoms with van der Waals surface area (Å²) in [7, 11) is 1.49. The van der Waals surface area contributed by atoms with E-state index in [0.29, 0.717) is 22.6 Å². The van der Waals surface area contributed by atoms with Gasteiger partial charge in [-0.2, -0.15) is 0 Å². The molecule has 0 radical (unpaired) electrons. The maximum atomic E-state index is 13.3.